The summed E-state index contributed by atoms with van der Waals surface area (Å²) in [5.74, 6) is 1.08. The minimum Gasteiger partial charge on any atom is -0.493 e. The van der Waals surface area contributed by atoms with Crippen LogP contribution in [0.1, 0.15) is 40.2 Å². The summed E-state index contributed by atoms with van der Waals surface area (Å²) in [5.41, 5.74) is 5.39. The maximum Gasteiger partial charge on any atom is 0.333 e. The molecule has 0 saturated heterocycles. The first-order valence-corrected chi connectivity index (χ1v) is 11.5. The van der Waals surface area contributed by atoms with Crippen molar-refractivity contribution in [3.8, 4) is 17.0 Å². The maximum atomic E-state index is 11.6. The third kappa shape index (κ3) is 5.82. The second-order valence-corrected chi connectivity index (χ2v) is 9.10. The fraction of sp³-hybridized carbons (Fsp3) is 0.393. The quantitative estimate of drug-likeness (QED) is 0.265. The topological polar surface area (TPSA) is 40.5 Å². The van der Waals surface area contributed by atoms with Crippen LogP contribution in [0.3, 0.4) is 0 Å². The molecule has 0 bridgehead atoms. The molecule has 0 N–H and O–H groups in total. The number of nitrogens with zero attached hydrogens (tertiary/aromatic N) is 1. The van der Waals surface area contributed by atoms with E-state index in [-0.39, 0.29) is 11.9 Å². The van der Waals surface area contributed by atoms with Crippen molar-refractivity contribution in [2.24, 2.45) is 11.8 Å². The van der Waals surface area contributed by atoms with Gasteiger partial charge in [-0.25, -0.2) is 4.79 Å². The van der Waals surface area contributed by atoms with E-state index in [0.717, 1.165) is 18.7 Å². The molecule has 0 aliphatic heterocycles. The van der Waals surface area contributed by atoms with Gasteiger partial charge in [0, 0.05) is 35.2 Å². The van der Waals surface area contributed by atoms with E-state index in [1.807, 2.05) is 13.0 Å². The molecule has 0 spiro atoms. The number of benzene rings is 2. The van der Waals surface area contributed by atoms with Crippen LogP contribution in [-0.4, -0.2) is 23.8 Å². The van der Waals surface area contributed by atoms with Gasteiger partial charge in [-0.15, -0.1) is 0 Å². The molecular weight excluding hydrogens is 398 g/mol. The molecule has 0 saturated carbocycles. The molecule has 4 heteroatoms. The summed E-state index contributed by atoms with van der Waals surface area (Å²) in [4.78, 5) is 11.6. The van der Waals surface area contributed by atoms with Crippen molar-refractivity contribution >= 4 is 16.9 Å². The second kappa shape index (κ2) is 10.5. The van der Waals surface area contributed by atoms with E-state index in [1.54, 1.807) is 6.92 Å². The molecule has 3 aromatic rings. The Hall–Kier alpha value is -3.01. The average molecular weight is 434 g/mol. The Labute approximate surface area is 191 Å². The van der Waals surface area contributed by atoms with Gasteiger partial charge in [0.2, 0.25) is 0 Å². The monoisotopic (exact) mass is 433 g/mol. The Kier molecular flexibility index (Phi) is 7.79. The normalized spacial score (nSPS) is 12.2. The Morgan fingerprint density at radius 3 is 2.38 bits per heavy atom. The molecule has 32 heavy (non-hydrogen) atoms. The number of carbonyl (C=O) groups is 1. The van der Waals surface area contributed by atoms with Crippen molar-refractivity contribution in [1.82, 2.24) is 4.57 Å². The Bertz CT molecular complexity index is 1080. The van der Waals surface area contributed by atoms with Crippen molar-refractivity contribution in [3.63, 3.8) is 0 Å². The van der Waals surface area contributed by atoms with E-state index >= 15 is 0 Å². The van der Waals surface area contributed by atoms with Crippen LogP contribution in [0, 0.1) is 11.8 Å². The zero-order chi connectivity index (χ0) is 23.3. The number of hydrogen-bond donors (Lipinski definition) is 0. The minimum absolute atomic E-state index is 0.0871. The SMILES string of the molecule is C=C(C)C(=O)OCC(C)COc1ccc2cc(-c3ccc(CC)cc3)n(CC(C)C)c2c1. The molecule has 0 amide bonds. The summed E-state index contributed by atoms with van der Waals surface area (Å²) in [6.45, 7) is 15.6. The molecule has 170 valence electrons. The van der Waals surface area contributed by atoms with E-state index in [9.17, 15) is 4.79 Å². The highest BCUT2D eigenvalue weighted by atomic mass is 16.5. The maximum absolute atomic E-state index is 11.6. The van der Waals surface area contributed by atoms with Crippen molar-refractivity contribution in [2.45, 2.75) is 47.6 Å². The summed E-state index contributed by atoms with van der Waals surface area (Å²) < 4.78 is 13.7. The molecular formula is C28H35NO3. The fourth-order valence-electron chi connectivity index (χ4n) is 3.66. The smallest absolute Gasteiger partial charge is 0.333 e. The van der Waals surface area contributed by atoms with Crippen molar-refractivity contribution in [2.75, 3.05) is 13.2 Å². The van der Waals surface area contributed by atoms with Crippen LogP contribution in [0.15, 0.2) is 60.7 Å². The van der Waals surface area contributed by atoms with Crippen LogP contribution in [0.4, 0.5) is 0 Å². The molecule has 2 aromatic carbocycles. The van der Waals surface area contributed by atoms with Gasteiger partial charge < -0.3 is 14.0 Å². The van der Waals surface area contributed by atoms with Crippen molar-refractivity contribution < 1.29 is 14.3 Å². The zero-order valence-corrected chi connectivity index (χ0v) is 20.0. The van der Waals surface area contributed by atoms with Crippen LogP contribution in [-0.2, 0) is 22.5 Å². The van der Waals surface area contributed by atoms with Crippen molar-refractivity contribution in [1.29, 1.82) is 0 Å². The summed E-state index contributed by atoms with van der Waals surface area (Å²) in [6.07, 6.45) is 1.04. The van der Waals surface area contributed by atoms with Crippen LogP contribution in [0.25, 0.3) is 22.2 Å². The largest absolute Gasteiger partial charge is 0.493 e. The number of hydrogen-bond acceptors (Lipinski definition) is 3. The van der Waals surface area contributed by atoms with Crippen LogP contribution >= 0.6 is 0 Å². The van der Waals surface area contributed by atoms with Gasteiger partial charge >= 0.3 is 5.97 Å². The van der Waals surface area contributed by atoms with Crippen LogP contribution in [0.5, 0.6) is 5.75 Å². The lowest BCUT2D eigenvalue weighted by atomic mass is 10.1. The van der Waals surface area contributed by atoms with Gasteiger partial charge in [-0.2, -0.15) is 0 Å². The Morgan fingerprint density at radius 1 is 1.03 bits per heavy atom. The molecule has 1 atom stereocenters. The molecule has 1 unspecified atom stereocenters. The highest BCUT2D eigenvalue weighted by molar-refractivity contribution is 5.88. The first-order chi connectivity index (χ1) is 15.3. The first-order valence-electron chi connectivity index (χ1n) is 11.5. The van der Waals surface area contributed by atoms with E-state index < -0.39 is 0 Å². The van der Waals surface area contributed by atoms with Gasteiger partial charge in [0.05, 0.1) is 18.7 Å². The minimum atomic E-state index is -0.357. The van der Waals surface area contributed by atoms with Gasteiger partial charge in [0.1, 0.15) is 5.75 Å². The lowest BCUT2D eigenvalue weighted by molar-refractivity contribution is -0.140. The fourth-order valence-corrected chi connectivity index (χ4v) is 3.66. The predicted octanol–water partition coefficient (Wildman–Crippen LogP) is 6.66. The molecule has 1 heterocycles. The van der Waals surface area contributed by atoms with E-state index in [2.05, 4.69) is 74.4 Å². The number of aromatic nitrogens is 1. The van der Waals surface area contributed by atoms with E-state index in [4.69, 9.17) is 9.47 Å². The van der Waals surface area contributed by atoms with Gasteiger partial charge in [-0.1, -0.05) is 58.5 Å². The van der Waals surface area contributed by atoms with Crippen LogP contribution < -0.4 is 4.74 Å². The van der Waals surface area contributed by atoms with Gasteiger partial charge in [0.15, 0.2) is 0 Å². The van der Waals surface area contributed by atoms with E-state index in [0.29, 0.717) is 24.7 Å². The highest BCUT2D eigenvalue weighted by Crippen LogP contribution is 2.32. The molecule has 0 aliphatic carbocycles. The molecule has 1 aromatic heterocycles. The molecule has 4 nitrogen and oxygen atoms in total. The van der Waals surface area contributed by atoms with E-state index in [1.165, 1.54) is 27.7 Å². The second-order valence-electron chi connectivity index (χ2n) is 9.10. The Balaban J connectivity index is 1.81. The molecule has 0 radical (unpaired) electrons. The predicted molar refractivity (Wildman–Crippen MR) is 132 cm³/mol. The standard InChI is InChI=1S/C28H35NO3/c1-7-22-8-10-23(11-9-22)26-14-24-12-13-25(15-27(24)29(26)16-19(2)3)31-17-21(6)18-32-28(30)20(4)5/h8-15,19,21H,4,7,16-18H2,1-3,5-6H3. The van der Waals surface area contributed by atoms with Gasteiger partial charge in [-0.3, -0.25) is 0 Å². The molecule has 0 fully saturated rings. The lowest BCUT2D eigenvalue weighted by Crippen LogP contribution is -2.18. The summed E-state index contributed by atoms with van der Waals surface area (Å²) in [7, 11) is 0. The molecule has 3 rings (SSSR count). The number of esters is 1. The highest BCUT2D eigenvalue weighted by Gasteiger charge is 2.14. The van der Waals surface area contributed by atoms with Gasteiger partial charge in [-0.05, 0) is 48.6 Å². The molecule has 0 aliphatic rings. The number of fused-ring (bicyclic) bond motifs is 1. The average Bonchev–Trinajstić information content (AvgIpc) is 3.13. The third-order valence-corrected chi connectivity index (χ3v) is 5.46. The van der Waals surface area contributed by atoms with Crippen molar-refractivity contribution in [3.05, 3.63) is 66.2 Å². The van der Waals surface area contributed by atoms with Gasteiger partial charge in [0.25, 0.3) is 0 Å². The number of aryl methyl sites for hydroxylation is 1. The first kappa shape index (κ1) is 23.6. The number of carbonyl (C=O) groups excluding carboxylic acids is 1. The number of rotatable bonds is 10. The zero-order valence-electron chi connectivity index (χ0n) is 20.0. The lowest BCUT2D eigenvalue weighted by Gasteiger charge is -2.16. The summed E-state index contributed by atoms with van der Waals surface area (Å²) in [5, 5.41) is 1.20. The van der Waals surface area contributed by atoms with Crippen LogP contribution in [0.2, 0.25) is 0 Å². The third-order valence-electron chi connectivity index (χ3n) is 5.46. The summed E-state index contributed by atoms with van der Waals surface area (Å²) in [6, 6.07) is 17.4. The summed E-state index contributed by atoms with van der Waals surface area (Å²) >= 11 is 0. The number of ether oxygens (including phenoxy) is 2. The Morgan fingerprint density at radius 2 is 1.75 bits per heavy atom.